The minimum atomic E-state index is -1.02. The van der Waals surface area contributed by atoms with Crippen LogP contribution in [-0.4, -0.2) is 17.6 Å². The predicted octanol–water partition coefficient (Wildman–Crippen LogP) is 10.7. The van der Waals surface area contributed by atoms with E-state index in [1.165, 1.54) is 134 Å². The van der Waals surface area contributed by atoms with Gasteiger partial charge in [0.05, 0.1) is 0 Å². The van der Waals surface area contributed by atoms with Crippen LogP contribution in [0.15, 0.2) is 24.0 Å². The zero-order valence-corrected chi connectivity index (χ0v) is 22.0. The number of rotatable bonds is 21. The molecular weight excluding hydrogens is 379 g/mol. The molecule has 0 aliphatic carbocycles. The molecule has 1 rings (SSSR count). The molecule has 0 saturated heterocycles. The summed E-state index contributed by atoms with van der Waals surface area (Å²) >= 11 is 0. The zero-order valence-electron chi connectivity index (χ0n) is 21.1. The first kappa shape index (κ1) is 27.8. The van der Waals surface area contributed by atoms with Crippen molar-refractivity contribution in [3.63, 3.8) is 0 Å². The summed E-state index contributed by atoms with van der Waals surface area (Å²) in [7, 11) is 0. The Morgan fingerprint density at radius 3 is 1.43 bits per heavy atom. The molecule has 0 unspecified atom stereocenters. The van der Waals surface area contributed by atoms with Crippen LogP contribution in [0.25, 0.3) is 0 Å². The monoisotopic (exact) mass is 434 g/mol. The first-order chi connectivity index (χ1) is 14.8. The third kappa shape index (κ3) is 12.6. The van der Waals surface area contributed by atoms with Gasteiger partial charge >= 0.3 is 0 Å². The van der Waals surface area contributed by atoms with Gasteiger partial charge in [0.15, 0.2) is 0 Å². The highest BCUT2D eigenvalue weighted by Gasteiger charge is 2.20. The van der Waals surface area contributed by atoms with Gasteiger partial charge in [0.25, 0.3) is 0 Å². The molecule has 1 heterocycles. The summed E-state index contributed by atoms with van der Waals surface area (Å²) in [4.78, 5) is 0. The van der Waals surface area contributed by atoms with Crippen LogP contribution in [0.3, 0.4) is 0 Å². The molecule has 0 aromatic rings. The normalized spacial score (nSPS) is 15.2. The second kappa shape index (κ2) is 19.5. The summed E-state index contributed by atoms with van der Waals surface area (Å²) in [6.45, 7) is 5.94. The largest absolute Gasteiger partial charge is 0.0815 e. The lowest BCUT2D eigenvalue weighted by Gasteiger charge is -2.29. The van der Waals surface area contributed by atoms with Crippen molar-refractivity contribution in [1.29, 1.82) is 0 Å². The van der Waals surface area contributed by atoms with Crippen LogP contribution in [-0.2, 0) is 0 Å². The van der Waals surface area contributed by atoms with E-state index in [1.54, 1.807) is 0 Å². The Bertz CT molecular complexity index is 476. The maximum absolute atomic E-state index is 2.72. The molecule has 0 nitrogen and oxygen atoms in total. The van der Waals surface area contributed by atoms with Crippen molar-refractivity contribution in [3.8, 4) is 0 Å². The lowest BCUT2D eigenvalue weighted by atomic mass is 10.1. The maximum atomic E-state index is 2.72. The first-order valence-electron chi connectivity index (χ1n) is 13.9. The SMILES string of the molecule is CCCCCCCCC1=P(CCCCCCCC)(CCCCCCCC)C=CC=C1. The van der Waals surface area contributed by atoms with E-state index in [2.05, 4.69) is 44.8 Å². The number of hydrogen-bond acceptors (Lipinski definition) is 0. The fourth-order valence-corrected chi connectivity index (χ4v) is 9.19. The molecular formula is C29H55P. The van der Waals surface area contributed by atoms with Gasteiger partial charge in [0.2, 0.25) is 0 Å². The zero-order chi connectivity index (χ0) is 21.8. The fourth-order valence-electron chi connectivity index (χ4n) is 4.91. The summed E-state index contributed by atoms with van der Waals surface area (Å²) in [5, 5.41) is 1.88. The molecule has 30 heavy (non-hydrogen) atoms. The van der Waals surface area contributed by atoms with Crippen molar-refractivity contribution >= 4 is 12.2 Å². The standard InChI is InChI=1S/C29H55P/c1-4-7-10-13-16-19-24-29-25-20-23-28-30(29,26-21-17-14-11-8-5-2)27-22-18-15-12-9-6-3/h20,23,25,28H,4-19,21-22,24,26-27H2,1-3H3. The van der Waals surface area contributed by atoms with E-state index in [0.717, 1.165) is 0 Å². The Kier molecular flexibility index (Phi) is 18.0. The smallest absolute Gasteiger partial charge is 0.0275 e. The van der Waals surface area contributed by atoms with E-state index >= 15 is 0 Å². The van der Waals surface area contributed by atoms with E-state index < -0.39 is 6.89 Å². The average molecular weight is 435 g/mol. The van der Waals surface area contributed by atoms with Gasteiger partial charge in [-0.15, -0.1) is 0 Å². The molecule has 0 spiro atoms. The van der Waals surface area contributed by atoms with Gasteiger partial charge in [0, 0.05) is 0 Å². The quantitative estimate of drug-likeness (QED) is 0.124. The number of allylic oxidation sites excluding steroid dienone is 3. The Hall–Kier alpha value is -0.220. The van der Waals surface area contributed by atoms with Crippen molar-refractivity contribution in [1.82, 2.24) is 0 Å². The highest BCUT2D eigenvalue weighted by Crippen LogP contribution is 2.55. The van der Waals surface area contributed by atoms with Crippen LogP contribution in [0, 0.1) is 0 Å². The highest BCUT2D eigenvalue weighted by molar-refractivity contribution is 7.79. The molecule has 176 valence electrons. The molecule has 0 radical (unpaired) electrons. The topological polar surface area (TPSA) is 0 Å². The van der Waals surface area contributed by atoms with Crippen LogP contribution >= 0.6 is 6.89 Å². The van der Waals surface area contributed by atoms with Crippen LogP contribution in [0.5, 0.6) is 0 Å². The van der Waals surface area contributed by atoms with Crippen molar-refractivity contribution in [3.05, 3.63) is 24.0 Å². The summed E-state index contributed by atoms with van der Waals surface area (Å²) in [5.74, 6) is 2.72. The van der Waals surface area contributed by atoms with Gasteiger partial charge in [-0.25, -0.2) is 0 Å². The van der Waals surface area contributed by atoms with E-state index in [-0.39, 0.29) is 0 Å². The molecule has 1 heteroatoms. The molecule has 0 aromatic heterocycles. The first-order valence-corrected chi connectivity index (χ1v) is 16.1. The molecule has 0 aromatic carbocycles. The Morgan fingerprint density at radius 2 is 0.933 bits per heavy atom. The average Bonchev–Trinajstić information content (AvgIpc) is 2.76. The number of unbranched alkanes of at least 4 members (excludes halogenated alkanes) is 15. The number of hydrogen-bond donors (Lipinski definition) is 0. The van der Waals surface area contributed by atoms with E-state index in [0.29, 0.717) is 0 Å². The van der Waals surface area contributed by atoms with Crippen molar-refractivity contribution < 1.29 is 0 Å². The van der Waals surface area contributed by atoms with Crippen LogP contribution in [0.2, 0.25) is 0 Å². The van der Waals surface area contributed by atoms with E-state index in [9.17, 15) is 0 Å². The van der Waals surface area contributed by atoms with Crippen LogP contribution in [0.1, 0.15) is 143 Å². The van der Waals surface area contributed by atoms with E-state index in [1.807, 2.05) is 5.29 Å². The Balaban J connectivity index is 2.63. The Morgan fingerprint density at radius 1 is 0.500 bits per heavy atom. The highest BCUT2D eigenvalue weighted by atomic mass is 31.2. The lowest BCUT2D eigenvalue weighted by molar-refractivity contribution is 0.616. The van der Waals surface area contributed by atoms with Crippen molar-refractivity contribution in [2.45, 2.75) is 143 Å². The van der Waals surface area contributed by atoms with Gasteiger partial charge in [0.1, 0.15) is 0 Å². The summed E-state index contributed by atoms with van der Waals surface area (Å²) in [6, 6.07) is 0. The molecule has 0 bridgehead atoms. The molecule has 0 amide bonds. The maximum Gasteiger partial charge on any atom is -0.0275 e. The minimum Gasteiger partial charge on any atom is -0.0815 e. The van der Waals surface area contributed by atoms with Crippen LogP contribution < -0.4 is 0 Å². The fraction of sp³-hybridized carbons (Fsp3) is 0.828. The van der Waals surface area contributed by atoms with Gasteiger partial charge in [-0.2, -0.15) is 0 Å². The van der Waals surface area contributed by atoms with Gasteiger partial charge in [-0.3, -0.25) is 0 Å². The second-order valence-corrected chi connectivity index (χ2v) is 13.6. The molecule has 1 aliphatic rings. The molecule has 0 fully saturated rings. The molecule has 0 saturated carbocycles. The summed E-state index contributed by atoms with van der Waals surface area (Å²) < 4.78 is 0. The van der Waals surface area contributed by atoms with Crippen LogP contribution in [0.4, 0.5) is 0 Å². The molecule has 0 N–H and O–H groups in total. The lowest BCUT2D eigenvalue weighted by Crippen LogP contribution is -2.08. The van der Waals surface area contributed by atoms with Gasteiger partial charge in [-0.05, 0) is 43.3 Å². The van der Waals surface area contributed by atoms with Crippen molar-refractivity contribution in [2.75, 3.05) is 12.3 Å². The third-order valence-corrected chi connectivity index (χ3v) is 11.4. The van der Waals surface area contributed by atoms with Gasteiger partial charge < -0.3 is 0 Å². The third-order valence-electron chi connectivity index (χ3n) is 6.95. The molecule has 0 atom stereocenters. The second-order valence-electron chi connectivity index (χ2n) is 9.73. The van der Waals surface area contributed by atoms with Gasteiger partial charge in [-0.1, -0.05) is 148 Å². The predicted molar refractivity (Wildman–Crippen MR) is 145 cm³/mol. The summed E-state index contributed by atoms with van der Waals surface area (Å²) in [6.07, 6.45) is 37.4. The van der Waals surface area contributed by atoms with E-state index in [4.69, 9.17) is 0 Å². The Labute approximate surface area is 191 Å². The molecule has 1 aliphatic heterocycles. The van der Waals surface area contributed by atoms with Crippen molar-refractivity contribution in [2.24, 2.45) is 0 Å². The minimum absolute atomic E-state index is 1.02. The summed E-state index contributed by atoms with van der Waals surface area (Å²) in [5.41, 5.74) is 0.